The van der Waals surface area contributed by atoms with Crippen LogP contribution in [0.15, 0.2) is 24.3 Å². The summed E-state index contributed by atoms with van der Waals surface area (Å²) in [6.45, 7) is 2.49. The summed E-state index contributed by atoms with van der Waals surface area (Å²) in [6.07, 6.45) is 4.84. The van der Waals surface area contributed by atoms with Gasteiger partial charge in [0.05, 0.1) is 12.5 Å². The molecule has 1 aromatic carbocycles. The number of likely N-dealkylation sites (N-methyl/N-ethyl adjacent to an activating group) is 1. The third kappa shape index (κ3) is 2.48. The number of nitrogens with zero attached hydrogens (tertiary/aromatic N) is 1. The quantitative estimate of drug-likeness (QED) is 0.868. The second-order valence-corrected chi connectivity index (χ2v) is 6.39. The Bertz CT molecular complexity index is 591. The predicted octanol–water partition coefficient (Wildman–Crippen LogP) is 2.50. The number of β-lactam (4-membered cyclic amide) rings is 1. The Morgan fingerprint density at radius 1 is 1.26 bits per heavy atom. The molecule has 1 N–H and O–H groups in total. The molecule has 1 aliphatic heterocycles. The molecule has 0 radical (unpaired) electrons. The van der Waals surface area contributed by atoms with Crippen molar-refractivity contribution in [2.75, 3.05) is 18.6 Å². The summed E-state index contributed by atoms with van der Waals surface area (Å²) in [4.78, 5) is 27.2. The Balaban J connectivity index is 1.91. The van der Waals surface area contributed by atoms with Crippen LogP contribution in [0.25, 0.3) is 0 Å². The van der Waals surface area contributed by atoms with Crippen molar-refractivity contribution in [2.45, 2.75) is 45.1 Å². The Hall–Kier alpha value is -2.04. The number of nitrogens with one attached hydrogen (secondary N) is 1. The highest BCUT2D eigenvalue weighted by Gasteiger charge is 2.63. The SMILES string of the molecule is CCNC(=O)C1N(c2ccc(OC)cc2)C(=O)C12CCCCC2. The third-order valence-corrected chi connectivity index (χ3v) is 5.12. The molecule has 1 atom stereocenters. The van der Waals surface area contributed by atoms with Crippen LogP contribution in [-0.4, -0.2) is 31.5 Å². The van der Waals surface area contributed by atoms with Gasteiger partial charge in [-0.15, -0.1) is 0 Å². The minimum absolute atomic E-state index is 0.0372. The van der Waals surface area contributed by atoms with Gasteiger partial charge in [0, 0.05) is 12.2 Å². The fraction of sp³-hybridized carbons (Fsp3) is 0.556. The van der Waals surface area contributed by atoms with E-state index in [1.165, 1.54) is 0 Å². The highest BCUT2D eigenvalue weighted by molar-refractivity contribution is 6.14. The molecular formula is C18H24N2O3. The fourth-order valence-electron chi connectivity index (χ4n) is 3.97. The minimum Gasteiger partial charge on any atom is -0.497 e. The van der Waals surface area contributed by atoms with Crippen molar-refractivity contribution in [3.63, 3.8) is 0 Å². The number of benzene rings is 1. The zero-order valence-electron chi connectivity index (χ0n) is 13.8. The first-order valence-electron chi connectivity index (χ1n) is 8.39. The molecule has 2 amide bonds. The number of ether oxygens (including phenoxy) is 1. The lowest BCUT2D eigenvalue weighted by molar-refractivity contribution is -0.150. The maximum absolute atomic E-state index is 12.9. The summed E-state index contributed by atoms with van der Waals surface area (Å²) in [5.74, 6) is 0.798. The molecular weight excluding hydrogens is 292 g/mol. The molecule has 1 saturated heterocycles. The molecule has 1 aromatic rings. The first-order valence-corrected chi connectivity index (χ1v) is 8.39. The summed E-state index contributed by atoms with van der Waals surface area (Å²) < 4.78 is 5.17. The first kappa shape index (κ1) is 15.8. The van der Waals surface area contributed by atoms with Crippen LogP contribution in [0.1, 0.15) is 39.0 Å². The van der Waals surface area contributed by atoms with Crippen LogP contribution in [0.4, 0.5) is 5.69 Å². The lowest BCUT2D eigenvalue weighted by atomic mass is 9.61. The van der Waals surface area contributed by atoms with Crippen LogP contribution in [0.2, 0.25) is 0 Å². The number of carbonyl (C=O) groups is 2. The molecule has 124 valence electrons. The van der Waals surface area contributed by atoms with Crippen LogP contribution in [-0.2, 0) is 9.59 Å². The van der Waals surface area contributed by atoms with E-state index >= 15 is 0 Å². The van der Waals surface area contributed by atoms with Crippen molar-refractivity contribution in [3.05, 3.63) is 24.3 Å². The van der Waals surface area contributed by atoms with E-state index in [-0.39, 0.29) is 17.9 Å². The minimum atomic E-state index is -0.489. The third-order valence-electron chi connectivity index (χ3n) is 5.12. The molecule has 0 bridgehead atoms. The van der Waals surface area contributed by atoms with Gasteiger partial charge >= 0.3 is 0 Å². The normalized spacial score (nSPS) is 22.6. The zero-order valence-corrected chi connectivity index (χ0v) is 13.8. The highest BCUT2D eigenvalue weighted by atomic mass is 16.5. The molecule has 1 aliphatic carbocycles. The molecule has 1 saturated carbocycles. The molecule has 0 aromatic heterocycles. The Morgan fingerprint density at radius 3 is 2.48 bits per heavy atom. The van der Waals surface area contributed by atoms with Crippen molar-refractivity contribution < 1.29 is 14.3 Å². The summed E-state index contributed by atoms with van der Waals surface area (Å²) in [7, 11) is 1.61. The number of methoxy groups -OCH3 is 1. The standard InChI is InChI=1S/C18H24N2O3/c1-3-19-16(21)15-18(11-5-4-6-12-18)17(22)20(15)13-7-9-14(23-2)10-8-13/h7-10,15H,3-6,11-12H2,1-2H3,(H,19,21). The Kier molecular flexibility index (Phi) is 4.28. The summed E-state index contributed by atoms with van der Waals surface area (Å²) in [5, 5.41) is 2.90. The number of hydrogen-bond acceptors (Lipinski definition) is 3. The van der Waals surface area contributed by atoms with Crippen LogP contribution >= 0.6 is 0 Å². The van der Waals surface area contributed by atoms with E-state index in [1.54, 1.807) is 12.0 Å². The van der Waals surface area contributed by atoms with E-state index in [0.29, 0.717) is 6.54 Å². The van der Waals surface area contributed by atoms with E-state index in [2.05, 4.69) is 5.32 Å². The predicted molar refractivity (Wildman–Crippen MR) is 88.5 cm³/mol. The Morgan fingerprint density at radius 2 is 1.91 bits per heavy atom. The Labute approximate surface area is 137 Å². The molecule has 3 rings (SSSR count). The molecule has 5 nitrogen and oxygen atoms in total. The maximum atomic E-state index is 12.9. The topological polar surface area (TPSA) is 58.6 Å². The summed E-state index contributed by atoms with van der Waals surface area (Å²) >= 11 is 0. The van der Waals surface area contributed by atoms with Gasteiger partial charge in [-0.3, -0.25) is 14.5 Å². The molecule has 1 heterocycles. The van der Waals surface area contributed by atoms with Gasteiger partial charge in [-0.25, -0.2) is 0 Å². The maximum Gasteiger partial charge on any atom is 0.244 e. The van der Waals surface area contributed by atoms with Crippen molar-refractivity contribution in [1.82, 2.24) is 5.32 Å². The van der Waals surface area contributed by atoms with Gasteiger partial charge in [0.1, 0.15) is 11.8 Å². The first-order chi connectivity index (χ1) is 11.1. The largest absolute Gasteiger partial charge is 0.497 e. The zero-order chi connectivity index (χ0) is 16.4. The molecule has 1 spiro atoms. The number of carbonyl (C=O) groups excluding carboxylic acids is 2. The van der Waals surface area contributed by atoms with Crippen LogP contribution in [0.5, 0.6) is 5.75 Å². The van der Waals surface area contributed by atoms with Gasteiger partial charge in [0.15, 0.2) is 0 Å². The van der Waals surface area contributed by atoms with E-state index in [1.807, 2.05) is 31.2 Å². The monoisotopic (exact) mass is 316 g/mol. The summed E-state index contributed by atoms with van der Waals surface area (Å²) in [6, 6.07) is 6.95. The van der Waals surface area contributed by atoms with Gasteiger partial charge < -0.3 is 10.1 Å². The van der Waals surface area contributed by atoms with Gasteiger partial charge in [-0.05, 0) is 44.0 Å². The number of rotatable bonds is 4. The van der Waals surface area contributed by atoms with E-state index < -0.39 is 5.41 Å². The van der Waals surface area contributed by atoms with E-state index in [4.69, 9.17) is 4.74 Å². The van der Waals surface area contributed by atoms with Crippen molar-refractivity contribution in [3.8, 4) is 5.75 Å². The van der Waals surface area contributed by atoms with Crippen molar-refractivity contribution in [2.24, 2.45) is 5.41 Å². The van der Waals surface area contributed by atoms with Gasteiger partial charge in [-0.2, -0.15) is 0 Å². The molecule has 5 heteroatoms. The van der Waals surface area contributed by atoms with Crippen LogP contribution in [0.3, 0.4) is 0 Å². The average Bonchev–Trinajstić information content (AvgIpc) is 2.60. The van der Waals surface area contributed by atoms with Crippen molar-refractivity contribution >= 4 is 17.5 Å². The smallest absolute Gasteiger partial charge is 0.244 e. The second kappa shape index (κ2) is 6.22. The van der Waals surface area contributed by atoms with E-state index in [0.717, 1.165) is 43.5 Å². The second-order valence-electron chi connectivity index (χ2n) is 6.39. The average molecular weight is 316 g/mol. The van der Waals surface area contributed by atoms with Crippen LogP contribution < -0.4 is 15.0 Å². The van der Waals surface area contributed by atoms with Crippen molar-refractivity contribution in [1.29, 1.82) is 0 Å². The van der Waals surface area contributed by atoms with Gasteiger partial charge in [-0.1, -0.05) is 19.3 Å². The van der Waals surface area contributed by atoms with Gasteiger partial charge in [0.2, 0.25) is 11.8 Å². The lowest BCUT2D eigenvalue weighted by Crippen LogP contribution is -2.74. The lowest BCUT2D eigenvalue weighted by Gasteiger charge is -2.56. The number of anilines is 1. The summed E-state index contributed by atoms with van der Waals surface area (Å²) in [5.41, 5.74) is 0.278. The molecule has 2 fully saturated rings. The van der Waals surface area contributed by atoms with E-state index in [9.17, 15) is 9.59 Å². The molecule has 2 aliphatic rings. The molecule has 23 heavy (non-hydrogen) atoms. The van der Waals surface area contributed by atoms with Gasteiger partial charge in [0.25, 0.3) is 0 Å². The number of hydrogen-bond donors (Lipinski definition) is 1. The highest BCUT2D eigenvalue weighted by Crippen LogP contribution is 2.51. The molecule has 1 unspecified atom stereocenters. The van der Waals surface area contributed by atoms with Crippen LogP contribution in [0, 0.1) is 5.41 Å². The number of amides is 2. The fourth-order valence-corrected chi connectivity index (χ4v) is 3.97.